The molecular formula is C15H25N3O2S. The summed E-state index contributed by atoms with van der Waals surface area (Å²) in [4.78, 5) is 2.30. The van der Waals surface area contributed by atoms with Crippen molar-refractivity contribution < 1.29 is 8.42 Å². The number of nitrogens with two attached hydrogens (primary N) is 1. The van der Waals surface area contributed by atoms with Crippen LogP contribution in [0.5, 0.6) is 0 Å². The molecule has 0 spiro atoms. The van der Waals surface area contributed by atoms with E-state index in [0.717, 1.165) is 13.1 Å². The Labute approximate surface area is 127 Å². The molecule has 1 saturated heterocycles. The molecule has 1 aliphatic heterocycles. The molecule has 0 saturated carbocycles. The first kappa shape index (κ1) is 16.4. The van der Waals surface area contributed by atoms with E-state index >= 15 is 0 Å². The van der Waals surface area contributed by atoms with Crippen molar-refractivity contribution in [2.45, 2.75) is 19.9 Å². The molecule has 0 amide bonds. The van der Waals surface area contributed by atoms with Gasteiger partial charge in [-0.1, -0.05) is 23.8 Å². The van der Waals surface area contributed by atoms with Crippen molar-refractivity contribution in [1.29, 1.82) is 0 Å². The Balaban J connectivity index is 2.15. The van der Waals surface area contributed by atoms with Gasteiger partial charge in [0.1, 0.15) is 0 Å². The van der Waals surface area contributed by atoms with Gasteiger partial charge in [-0.05, 0) is 25.0 Å². The number of aryl methyl sites for hydroxylation is 2. The Bertz CT molecular complexity index is 593. The van der Waals surface area contributed by atoms with Gasteiger partial charge in [0.05, 0.1) is 6.26 Å². The van der Waals surface area contributed by atoms with Crippen LogP contribution in [0.15, 0.2) is 18.2 Å². The van der Waals surface area contributed by atoms with Crippen molar-refractivity contribution in [2.24, 2.45) is 5.73 Å². The van der Waals surface area contributed by atoms with Crippen LogP contribution in [0, 0.1) is 13.8 Å². The summed E-state index contributed by atoms with van der Waals surface area (Å²) in [6.07, 6.45) is 1.27. The topological polar surface area (TPSA) is 66.6 Å². The largest absolute Gasteiger partial charge is 0.329 e. The first-order valence-corrected chi connectivity index (χ1v) is 9.14. The molecule has 2 rings (SSSR count). The van der Waals surface area contributed by atoms with Crippen LogP contribution in [0.25, 0.3) is 0 Å². The summed E-state index contributed by atoms with van der Waals surface area (Å²) in [6.45, 7) is 7.26. The van der Waals surface area contributed by atoms with Gasteiger partial charge in [-0.15, -0.1) is 0 Å². The molecule has 1 aromatic rings. The van der Waals surface area contributed by atoms with E-state index in [0.29, 0.717) is 19.6 Å². The maximum Gasteiger partial charge on any atom is 0.211 e. The number of piperazine rings is 1. The van der Waals surface area contributed by atoms with Crippen LogP contribution in [-0.2, 0) is 10.0 Å². The number of nitrogens with zero attached hydrogens (tertiary/aromatic N) is 2. The third-order valence-corrected chi connectivity index (χ3v) is 5.50. The second-order valence-electron chi connectivity index (χ2n) is 5.81. The molecule has 5 nitrogen and oxygen atoms in total. The predicted octanol–water partition coefficient (Wildman–Crippen LogP) is 0.880. The van der Waals surface area contributed by atoms with Crippen molar-refractivity contribution in [3.63, 3.8) is 0 Å². The van der Waals surface area contributed by atoms with Gasteiger partial charge in [-0.3, -0.25) is 4.90 Å². The van der Waals surface area contributed by atoms with Gasteiger partial charge < -0.3 is 5.73 Å². The summed E-state index contributed by atoms with van der Waals surface area (Å²) in [7, 11) is -3.09. The summed E-state index contributed by atoms with van der Waals surface area (Å²) in [5.74, 6) is 0. The number of benzene rings is 1. The highest BCUT2D eigenvalue weighted by Crippen LogP contribution is 2.25. The van der Waals surface area contributed by atoms with Crippen LogP contribution in [-0.4, -0.2) is 56.6 Å². The van der Waals surface area contributed by atoms with Crippen LogP contribution in [0.3, 0.4) is 0 Å². The molecule has 1 aromatic carbocycles. The minimum absolute atomic E-state index is 0.159. The van der Waals surface area contributed by atoms with Crippen molar-refractivity contribution >= 4 is 10.0 Å². The molecular weight excluding hydrogens is 286 g/mol. The number of hydrogen-bond acceptors (Lipinski definition) is 4. The lowest BCUT2D eigenvalue weighted by Crippen LogP contribution is -2.50. The molecule has 1 aliphatic rings. The highest BCUT2D eigenvalue weighted by Gasteiger charge is 2.28. The molecule has 6 heteroatoms. The van der Waals surface area contributed by atoms with Crippen molar-refractivity contribution in [3.05, 3.63) is 34.9 Å². The predicted molar refractivity (Wildman–Crippen MR) is 85.7 cm³/mol. The molecule has 0 bridgehead atoms. The van der Waals surface area contributed by atoms with Crippen molar-refractivity contribution in [3.8, 4) is 0 Å². The Morgan fingerprint density at radius 1 is 1.19 bits per heavy atom. The highest BCUT2D eigenvalue weighted by molar-refractivity contribution is 7.88. The highest BCUT2D eigenvalue weighted by atomic mass is 32.2. The van der Waals surface area contributed by atoms with E-state index in [1.165, 1.54) is 22.9 Å². The van der Waals surface area contributed by atoms with Crippen molar-refractivity contribution in [1.82, 2.24) is 9.21 Å². The van der Waals surface area contributed by atoms with Gasteiger partial charge in [0, 0.05) is 38.8 Å². The van der Waals surface area contributed by atoms with E-state index in [9.17, 15) is 8.42 Å². The molecule has 1 heterocycles. The molecule has 0 aliphatic carbocycles. The Morgan fingerprint density at radius 2 is 1.81 bits per heavy atom. The summed E-state index contributed by atoms with van der Waals surface area (Å²) in [6, 6.07) is 6.58. The number of rotatable bonds is 4. The fourth-order valence-electron chi connectivity index (χ4n) is 2.94. The molecule has 0 aromatic heterocycles. The van der Waals surface area contributed by atoms with Crippen LogP contribution in [0.4, 0.5) is 0 Å². The van der Waals surface area contributed by atoms with E-state index in [1.807, 2.05) is 0 Å². The first-order valence-electron chi connectivity index (χ1n) is 7.29. The fraction of sp³-hybridized carbons (Fsp3) is 0.600. The van der Waals surface area contributed by atoms with Crippen LogP contribution in [0.1, 0.15) is 22.7 Å². The average Bonchev–Trinajstić information content (AvgIpc) is 2.43. The minimum atomic E-state index is -3.09. The van der Waals surface area contributed by atoms with E-state index in [1.54, 1.807) is 4.31 Å². The zero-order valence-corrected chi connectivity index (χ0v) is 13.9. The van der Waals surface area contributed by atoms with E-state index in [-0.39, 0.29) is 6.04 Å². The smallest absolute Gasteiger partial charge is 0.211 e. The summed E-state index contributed by atoms with van der Waals surface area (Å²) < 4.78 is 24.7. The normalized spacial score (nSPS) is 19.6. The molecule has 1 fully saturated rings. The maximum atomic E-state index is 11.6. The lowest BCUT2D eigenvalue weighted by molar-refractivity contribution is 0.140. The van der Waals surface area contributed by atoms with E-state index in [4.69, 9.17) is 5.73 Å². The van der Waals surface area contributed by atoms with Gasteiger partial charge in [0.15, 0.2) is 0 Å². The number of hydrogen-bond donors (Lipinski definition) is 1. The zero-order chi connectivity index (χ0) is 15.6. The lowest BCUT2D eigenvalue weighted by Gasteiger charge is -2.38. The zero-order valence-electron chi connectivity index (χ0n) is 13.0. The summed E-state index contributed by atoms with van der Waals surface area (Å²) >= 11 is 0. The average molecular weight is 311 g/mol. The SMILES string of the molecule is Cc1ccc(C)c(C(CN)N2CCN(S(C)(=O)=O)CC2)c1. The van der Waals surface area contributed by atoms with Gasteiger partial charge >= 0.3 is 0 Å². The Morgan fingerprint density at radius 3 is 2.33 bits per heavy atom. The molecule has 1 atom stereocenters. The van der Waals surface area contributed by atoms with Gasteiger partial charge in [0.25, 0.3) is 0 Å². The number of sulfonamides is 1. The molecule has 21 heavy (non-hydrogen) atoms. The maximum absolute atomic E-state index is 11.6. The van der Waals surface area contributed by atoms with Crippen LogP contribution in [0.2, 0.25) is 0 Å². The second-order valence-corrected chi connectivity index (χ2v) is 7.79. The molecule has 118 valence electrons. The second kappa shape index (κ2) is 6.44. The summed E-state index contributed by atoms with van der Waals surface area (Å²) in [5.41, 5.74) is 9.72. The first-order chi connectivity index (χ1) is 9.82. The van der Waals surface area contributed by atoms with E-state index in [2.05, 4.69) is 36.9 Å². The van der Waals surface area contributed by atoms with Crippen molar-refractivity contribution in [2.75, 3.05) is 39.0 Å². The van der Waals surface area contributed by atoms with Gasteiger partial charge in [-0.25, -0.2) is 8.42 Å². The monoisotopic (exact) mass is 311 g/mol. The lowest BCUT2D eigenvalue weighted by atomic mass is 9.97. The fourth-order valence-corrected chi connectivity index (χ4v) is 3.77. The van der Waals surface area contributed by atoms with Gasteiger partial charge in [-0.2, -0.15) is 4.31 Å². The Hall–Kier alpha value is -0.950. The molecule has 2 N–H and O–H groups in total. The third-order valence-electron chi connectivity index (χ3n) is 4.20. The van der Waals surface area contributed by atoms with Gasteiger partial charge in [0.2, 0.25) is 10.0 Å². The quantitative estimate of drug-likeness (QED) is 0.896. The van der Waals surface area contributed by atoms with Crippen LogP contribution >= 0.6 is 0 Å². The Kier molecular flexibility index (Phi) is 5.03. The standard InChI is InChI=1S/C15H25N3O2S/c1-12-4-5-13(2)14(10-12)15(11-16)17-6-8-18(9-7-17)21(3,19)20/h4-5,10,15H,6-9,11,16H2,1-3H3. The minimum Gasteiger partial charge on any atom is -0.329 e. The van der Waals surface area contributed by atoms with E-state index < -0.39 is 10.0 Å². The summed E-state index contributed by atoms with van der Waals surface area (Å²) in [5, 5.41) is 0. The molecule has 1 unspecified atom stereocenters. The molecule has 0 radical (unpaired) electrons. The third kappa shape index (κ3) is 3.83. The van der Waals surface area contributed by atoms with Crippen LogP contribution < -0.4 is 5.73 Å².